The van der Waals surface area contributed by atoms with Crippen LogP contribution in [0.3, 0.4) is 0 Å². The van der Waals surface area contributed by atoms with E-state index in [2.05, 4.69) is 9.97 Å². The zero-order chi connectivity index (χ0) is 23.6. The highest BCUT2D eigenvalue weighted by Crippen LogP contribution is 2.32. The zero-order valence-electron chi connectivity index (χ0n) is 18.3. The first-order valence-corrected chi connectivity index (χ1v) is 12.0. The van der Waals surface area contributed by atoms with Gasteiger partial charge >= 0.3 is 5.97 Å². The van der Waals surface area contributed by atoms with Crippen LogP contribution in [-0.4, -0.2) is 55.0 Å². The Labute approximate surface area is 186 Å². The maximum atomic E-state index is 13.5. The van der Waals surface area contributed by atoms with E-state index in [1.165, 1.54) is 19.2 Å². The molecule has 0 saturated carbocycles. The number of aliphatic hydroxyl groups excluding tert-OH is 1. The van der Waals surface area contributed by atoms with Gasteiger partial charge in [-0.2, -0.15) is 0 Å². The number of aromatic nitrogens is 2. The summed E-state index contributed by atoms with van der Waals surface area (Å²) in [6.45, 7) is 3.81. The van der Waals surface area contributed by atoms with Gasteiger partial charge in [0.05, 0.1) is 30.2 Å². The van der Waals surface area contributed by atoms with E-state index in [1.54, 1.807) is 24.3 Å². The average molecular weight is 464 g/mol. The average Bonchev–Trinajstić information content (AvgIpc) is 2.70. The van der Waals surface area contributed by atoms with Gasteiger partial charge in [0.25, 0.3) is 0 Å². The fourth-order valence-corrected chi connectivity index (χ4v) is 3.70. The molecule has 10 heteroatoms. The number of nitrogens with zero attached hydrogens (tertiary/aromatic N) is 3. The van der Waals surface area contributed by atoms with Crippen molar-refractivity contribution in [1.82, 2.24) is 9.97 Å². The Kier molecular flexibility index (Phi) is 6.94. The number of benzene rings is 1. The van der Waals surface area contributed by atoms with Crippen molar-refractivity contribution in [3.05, 3.63) is 47.4 Å². The van der Waals surface area contributed by atoms with Crippen molar-refractivity contribution in [3.63, 3.8) is 0 Å². The van der Waals surface area contributed by atoms with Gasteiger partial charge in [0.15, 0.2) is 0 Å². The van der Waals surface area contributed by atoms with Crippen molar-refractivity contribution in [3.8, 4) is 11.3 Å². The minimum absolute atomic E-state index is 0.00723. The van der Waals surface area contributed by atoms with Gasteiger partial charge in [-0.05, 0) is 36.3 Å². The molecule has 0 aliphatic carbocycles. The van der Waals surface area contributed by atoms with Gasteiger partial charge < -0.3 is 9.84 Å². The second kappa shape index (κ2) is 9.33. The van der Waals surface area contributed by atoms with E-state index in [9.17, 15) is 22.7 Å². The first-order chi connectivity index (χ1) is 15.0. The number of halogens is 1. The van der Waals surface area contributed by atoms with Gasteiger partial charge in [-0.3, -0.25) is 4.79 Å². The molecule has 172 valence electrons. The normalized spacial score (nSPS) is 19.4. The predicted molar refractivity (Wildman–Crippen MR) is 119 cm³/mol. The van der Waals surface area contributed by atoms with Crippen molar-refractivity contribution < 1.29 is 27.4 Å². The fourth-order valence-electron chi connectivity index (χ4n) is 3.33. The summed E-state index contributed by atoms with van der Waals surface area (Å²) in [5.41, 5.74) is 2.14. The fraction of sp³-hybridized carbons (Fsp3) is 0.409. The summed E-state index contributed by atoms with van der Waals surface area (Å²) < 4.78 is 44.0. The Morgan fingerprint density at radius 1 is 1.25 bits per heavy atom. The number of ether oxygens (including phenoxy) is 1. The van der Waals surface area contributed by atoms with Crippen LogP contribution in [0.15, 0.2) is 30.3 Å². The second-order valence-electron chi connectivity index (χ2n) is 8.04. The van der Waals surface area contributed by atoms with Crippen molar-refractivity contribution in [2.75, 3.05) is 17.6 Å². The third kappa shape index (κ3) is 5.49. The molecule has 3 rings (SSSR count). The van der Waals surface area contributed by atoms with E-state index >= 15 is 0 Å². The minimum atomic E-state index is -3.61. The molecule has 1 aromatic carbocycles. The number of carbonyl (C=O) groups is 1. The minimum Gasteiger partial charge on any atom is -0.458 e. The summed E-state index contributed by atoms with van der Waals surface area (Å²) in [5, 5.41) is 9.86. The molecule has 1 aromatic heterocycles. The summed E-state index contributed by atoms with van der Waals surface area (Å²) in [6.07, 6.45) is 3.23. The Balaban J connectivity index is 2.17. The molecule has 0 amide bonds. The van der Waals surface area contributed by atoms with E-state index in [0.717, 1.165) is 10.6 Å². The van der Waals surface area contributed by atoms with Crippen LogP contribution in [0, 0.1) is 5.82 Å². The number of cyclic esters (lactones) is 1. The molecule has 0 radical (unpaired) electrons. The smallest absolute Gasteiger partial charge is 0.309 e. The topological polar surface area (TPSA) is 110 Å². The SMILES string of the molecule is CC(C)c1nc(N(C)S(C)(=O)=O)nc(-c2ccc(F)cc2)c1C=CC1C[C@H](O)CC(=O)O1. The molecule has 1 aliphatic heterocycles. The Bertz CT molecular complexity index is 1130. The van der Waals surface area contributed by atoms with Crippen molar-refractivity contribution in [1.29, 1.82) is 0 Å². The van der Waals surface area contributed by atoms with Crippen LogP contribution >= 0.6 is 0 Å². The molecule has 0 bridgehead atoms. The Morgan fingerprint density at radius 2 is 1.91 bits per heavy atom. The molecule has 1 unspecified atom stereocenters. The Hall–Kier alpha value is -2.85. The molecule has 8 nitrogen and oxygen atoms in total. The van der Waals surface area contributed by atoms with Crippen LogP contribution < -0.4 is 4.31 Å². The van der Waals surface area contributed by atoms with Gasteiger partial charge in [-0.1, -0.05) is 19.9 Å². The third-order valence-electron chi connectivity index (χ3n) is 5.07. The van der Waals surface area contributed by atoms with Crippen LogP contribution in [0.2, 0.25) is 0 Å². The highest BCUT2D eigenvalue weighted by Gasteiger charge is 2.26. The highest BCUT2D eigenvalue weighted by molar-refractivity contribution is 7.92. The Morgan fingerprint density at radius 3 is 2.47 bits per heavy atom. The van der Waals surface area contributed by atoms with Crippen LogP contribution in [0.1, 0.15) is 43.9 Å². The molecule has 32 heavy (non-hydrogen) atoms. The van der Waals surface area contributed by atoms with Crippen molar-refractivity contribution >= 4 is 28.0 Å². The van der Waals surface area contributed by atoms with Crippen LogP contribution in [0.4, 0.5) is 10.3 Å². The van der Waals surface area contributed by atoms with Gasteiger partial charge in [0.2, 0.25) is 16.0 Å². The summed E-state index contributed by atoms with van der Waals surface area (Å²) in [6, 6.07) is 5.68. The molecular weight excluding hydrogens is 437 g/mol. The molecule has 1 saturated heterocycles. The maximum Gasteiger partial charge on any atom is 0.309 e. The largest absolute Gasteiger partial charge is 0.458 e. The lowest BCUT2D eigenvalue weighted by molar-refractivity contribution is -0.156. The molecule has 1 aliphatic rings. The van der Waals surface area contributed by atoms with Crippen LogP contribution in [0.5, 0.6) is 0 Å². The standard InChI is InChI=1S/C22H26FN3O5S/c1-13(2)20-18(10-9-17-11-16(27)12-19(28)31-17)21(14-5-7-15(23)8-6-14)25-22(24-20)26(3)32(4,29)30/h5-10,13,16-17,27H,11-12H2,1-4H3/t16-,17?/m0/s1. The summed E-state index contributed by atoms with van der Waals surface area (Å²) in [7, 11) is -2.25. The van der Waals surface area contributed by atoms with E-state index in [1.807, 2.05) is 13.8 Å². The number of carbonyl (C=O) groups excluding carboxylic acids is 1. The van der Waals surface area contributed by atoms with Crippen molar-refractivity contribution in [2.24, 2.45) is 0 Å². The number of sulfonamides is 1. The summed E-state index contributed by atoms with van der Waals surface area (Å²) in [4.78, 5) is 20.6. The first-order valence-electron chi connectivity index (χ1n) is 10.1. The molecule has 0 spiro atoms. The van der Waals surface area contributed by atoms with E-state index in [4.69, 9.17) is 4.74 Å². The van der Waals surface area contributed by atoms with E-state index in [-0.39, 0.29) is 24.7 Å². The summed E-state index contributed by atoms with van der Waals surface area (Å²) in [5.74, 6) is -1.02. The molecule has 2 aromatic rings. The second-order valence-corrected chi connectivity index (χ2v) is 10.1. The lowest BCUT2D eigenvalue weighted by Crippen LogP contribution is -2.31. The number of anilines is 1. The van der Waals surface area contributed by atoms with Crippen LogP contribution in [-0.2, 0) is 19.6 Å². The quantitative estimate of drug-likeness (QED) is 0.656. The number of hydrogen-bond donors (Lipinski definition) is 1. The first kappa shape index (κ1) is 23.8. The number of aliphatic hydroxyl groups is 1. The lowest BCUT2D eigenvalue weighted by Gasteiger charge is -2.24. The number of hydrogen-bond acceptors (Lipinski definition) is 7. The monoisotopic (exact) mass is 463 g/mol. The number of esters is 1. The maximum absolute atomic E-state index is 13.5. The zero-order valence-corrected chi connectivity index (χ0v) is 19.1. The van der Waals surface area contributed by atoms with Gasteiger partial charge in [-0.15, -0.1) is 0 Å². The third-order valence-corrected chi connectivity index (χ3v) is 6.23. The van der Waals surface area contributed by atoms with E-state index in [0.29, 0.717) is 22.5 Å². The van der Waals surface area contributed by atoms with Gasteiger partial charge in [0.1, 0.15) is 11.9 Å². The predicted octanol–water partition coefficient (Wildman–Crippen LogP) is 2.88. The molecule has 1 N–H and O–H groups in total. The van der Waals surface area contributed by atoms with Crippen LogP contribution in [0.25, 0.3) is 17.3 Å². The lowest BCUT2D eigenvalue weighted by atomic mass is 9.97. The molecular formula is C22H26FN3O5S. The summed E-state index contributed by atoms with van der Waals surface area (Å²) >= 11 is 0. The van der Waals surface area contributed by atoms with Gasteiger partial charge in [0, 0.05) is 24.6 Å². The number of rotatable bonds is 6. The van der Waals surface area contributed by atoms with Crippen molar-refractivity contribution in [2.45, 2.75) is 44.8 Å². The molecule has 2 heterocycles. The molecule has 1 fully saturated rings. The van der Waals surface area contributed by atoms with E-state index < -0.39 is 34.0 Å². The molecule has 2 atom stereocenters. The highest BCUT2D eigenvalue weighted by atomic mass is 32.2. The van der Waals surface area contributed by atoms with Gasteiger partial charge in [-0.25, -0.2) is 27.1 Å².